The topological polar surface area (TPSA) is 44.6 Å². The first-order valence-corrected chi connectivity index (χ1v) is 7.31. The number of hydrogen-bond acceptors (Lipinski definition) is 2. The molecule has 2 N–H and O–H groups in total. The molecule has 0 spiro atoms. The molecule has 1 saturated carbocycles. The number of aliphatic hydroxyl groups excluding tert-OH is 1. The summed E-state index contributed by atoms with van der Waals surface area (Å²) in [6.07, 6.45) is 5.46. The maximum atomic E-state index is 10.3. The standard InChI is InChI=1S/C17H24N2O/c1-13(19-12-18-2)17(20)16-10-8-15(9-11-16)14-6-4-3-5-7-14/h3-7,12,15-17,20H,1,8-11H2,2H3,(H,18,19). The number of rotatable bonds is 5. The van der Waals surface area contributed by atoms with Crippen molar-refractivity contribution in [2.24, 2.45) is 10.9 Å². The van der Waals surface area contributed by atoms with Crippen LogP contribution >= 0.6 is 0 Å². The second-order valence-electron chi connectivity index (χ2n) is 5.52. The number of aliphatic imine (C=N–C) groups is 1. The molecular formula is C17H24N2O. The number of aliphatic hydroxyl groups is 1. The molecule has 1 atom stereocenters. The smallest absolute Gasteiger partial charge is 0.0960 e. The van der Waals surface area contributed by atoms with E-state index in [0.717, 1.165) is 25.7 Å². The van der Waals surface area contributed by atoms with Crippen LogP contribution in [0.5, 0.6) is 0 Å². The quantitative estimate of drug-likeness (QED) is 0.639. The fourth-order valence-corrected chi connectivity index (χ4v) is 3.01. The fraction of sp³-hybridized carbons (Fsp3) is 0.471. The van der Waals surface area contributed by atoms with Crippen LogP contribution < -0.4 is 5.32 Å². The first kappa shape index (κ1) is 14.8. The van der Waals surface area contributed by atoms with E-state index < -0.39 is 6.10 Å². The Morgan fingerprint density at radius 2 is 1.95 bits per heavy atom. The molecule has 1 aromatic rings. The predicted molar refractivity (Wildman–Crippen MR) is 83.8 cm³/mol. The summed E-state index contributed by atoms with van der Waals surface area (Å²) in [5.74, 6) is 0.943. The van der Waals surface area contributed by atoms with E-state index in [2.05, 4.69) is 47.2 Å². The van der Waals surface area contributed by atoms with Gasteiger partial charge in [0, 0.05) is 12.7 Å². The minimum absolute atomic E-state index is 0.306. The van der Waals surface area contributed by atoms with Crippen LogP contribution in [0.1, 0.15) is 37.2 Å². The van der Waals surface area contributed by atoms with Gasteiger partial charge < -0.3 is 10.4 Å². The lowest BCUT2D eigenvalue weighted by atomic mass is 9.76. The average molecular weight is 272 g/mol. The minimum Gasteiger partial charge on any atom is -0.387 e. The third-order valence-corrected chi connectivity index (χ3v) is 4.23. The van der Waals surface area contributed by atoms with Crippen molar-refractivity contribution in [1.82, 2.24) is 5.32 Å². The Kier molecular flexibility index (Phi) is 5.36. The summed E-state index contributed by atoms with van der Waals surface area (Å²) in [5, 5.41) is 13.2. The Labute approximate surface area is 121 Å². The summed E-state index contributed by atoms with van der Waals surface area (Å²) < 4.78 is 0. The average Bonchev–Trinajstić information content (AvgIpc) is 2.53. The van der Waals surface area contributed by atoms with Gasteiger partial charge >= 0.3 is 0 Å². The van der Waals surface area contributed by atoms with E-state index in [0.29, 0.717) is 17.5 Å². The molecule has 0 radical (unpaired) electrons. The molecule has 0 saturated heterocycles. The fourth-order valence-electron chi connectivity index (χ4n) is 3.01. The van der Waals surface area contributed by atoms with E-state index in [-0.39, 0.29) is 0 Å². The van der Waals surface area contributed by atoms with Gasteiger partial charge in [-0.3, -0.25) is 4.99 Å². The molecule has 1 fully saturated rings. The Bertz CT molecular complexity index is 447. The van der Waals surface area contributed by atoms with Gasteiger partial charge in [0.05, 0.1) is 12.4 Å². The molecular weight excluding hydrogens is 248 g/mol. The van der Waals surface area contributed by atoms with Gasteiger partial charge in [0.15, 0.2) is 0 Å². The van der Waals surface area contributed by atoms with Crippen LogP contribution in [-0.2, 0) is 0 Å². The summed E-state index contributed by atoms with van der Waals surface area (Å²) >= 11 is 0. The molecule has 2 rings (SSSR count). The zero-order valence-electron chi connectivity index (χ0n) is 12.1. The number of nitrogens with zero attached hydrogens (tertiary/aromatic N) is 1. The van der Waals surface area contributed by atoms with Gasteiger partial charge in [-0.25, -0.2) is 0 Å². The van der Waals surface area contributed by atoms with Crippen molar-refractivity contribution < 1.29 is 5.11 Å². The van der Waals surface area contributed by atoms with Gasteiger partial charge in [0.25, 0.3) is 0 Å². The Balaban J connectivity index is 1.86. The van der Waals surface area contributed by atoms with E-state index in [4.69, 9.17) is 0 Å². The first-order chi connectivity index (χ1) is 9.72. The van der Waals surface area contributed by atoms with Crippen molar-refractivity contribution in [3.63, 3.8) is 0 Å². The molecule has 0 heterocycles. The monoisotopic (exact) mass is 272 g/mol. The van der Waals surface area contributed by atoms with Gasteiger partial charge in [-0.2, -0.15) is 0 Å². The Hall–Kier alpha value is -1.61. The molecule has 1 unspecified atom stereocenters. The van der Waals surface area contributed by atoms with Gasteiger partial charge in [-0.05, 0) is 43.1 Å². The highest BCUT2D eigenvalue weighted by Crippen LogP contribution is 2.37. The lowest BCUT2D eigenvalue weighted by Crippen LogP contribution is -2.31. The minimum atomic E-state index is -0.482. The molecule has 3 nitrogen and oxygen atoms in total. The van der Waals surface area contributed by atoms with Crippen LogP contribution in [-0.4, -0.2) is 24.6 Å². The highest BCUT2D eigenvalue weighted by Gasteiger charge is 2.28. The van der Waals surface area contributed by atoms with E-state index in [9.17, 15) is 5.11 Å². The molecule has 1 aromatic carbocycles. The second-order valence-corrected chi connectivity index (χ2v) is 5.52. The maximum absolute atomic E-state index is 10.3. The van der Waals surface area contributed by atoms with E-state index in [1.165, 1.54) is 5.56 Å². The molecule has 108 valence electrons. The summed E-state index contributed by atoms with van der Waals surface area (Å²) in [7, 11) is 1.69. The van der Waals surface area contributed by atoms with Crippen LogP contribution in [0, 0.1) is 5.92 Å². The van der Waals surface area contributed by atoms with Gasteiger partial charge in [-0.1, -0.05) is 36.9 Å². The van der Waals surface area contributed by atoms with Gasteiger partial charge in [0.1, 0.15) is 0 Å². The predicted octanol–water partition coefficient (Wildman–Crippen LogP) is 3.08. The molecule has 1 aliphatic carbocycles. The number of hydrogen-bond donors (Lipinski definition) is 2. The summed E-state index contributed by atoms with van der Waals surface area (Å²) in [5.41, 5.74) is 2.08. The highest BCUT2D eigenvalue weighted by atomic mass is 16.3. The van der Waals surface area contributed by atoms with Crippen molar-refractivity contribution in [3.05, 3.63) is 48.2 Å². The van der Waals surface area contributed by atoms with Crippen LogP contribution in [0.25, 0.3) is 0 Å². The molecule has 1 aliphatic rings. The SMILES string of the molecule is C=C(NC=NC)C(O)C1CCC(c2ccccc2)CC1. The van der Waals surface area contributed by atoms with E-state index >= 15 is 0 Å². The third kappa shape index (κ3) is 3.70. The maximum Gasteiger partial charge on any atom is 0.0960 e. The molecule has 0 aromatic heterocycles. The second kappa shape index (κ2) is 7.25. The molecule has 0 amide bonds. The molecule has 20 heavy (non-hydrogen) atoms. The molecule has 0 bridgehead atoms. The zero-order valence-corrected chi connectivity index (χ0v) is 12.1. The largest absolute Gasteiger partial charge is 0.387 e. The third-order valence-electron chi connectivity index (χ3n) is 4.23. The van der Waals surface area contributed by atoms with Gasteiger partial charge in [-0.15, -0.1) is 0 Å². The van der Waals surface area contributed by atoms with Crippen molar-refractivity contribution >= 4 is 6.34 Å². The lowest BCUT2D eigenvalue weighted by molar-refractivity contribution is 0.107. The lowest BCUT2D eigenvalue weighted by Gasteiger charge is -2.32. The zero-order chi connectivity index (χ0) is 14.4. The van der Waals surface area contributed by atoms with Crippen molar-refractivity contribution in [1.29, 1.82) is 0 Å². The Morgan fingerprint density at radius 3 is 2.55 bits per heavy atom. The van der Waals surface area contributed by atoms with Crippen molar-refractivity contribution in [2.45, 2.75) is 37.7 Å². The van der Waals surface area contributed by atoms with E-state index in [1.807, 2.05) is 0 Å². The summed E-state index contributed by atoms with van der Waals surface area (Å²) in [6.45, 7) is 3.89. The van der Waals surface area contributed by atoms with E-state index in [1.54, 1.807) is 13.4 Å². The highest BCUT2D eigenvalue weighted by molar-refractivity contribution is 5.57. The first-order valence-electron chi connectivity index (χ1n) is 7.31. The summed E-state index contributed by atoms with van der Waals surface area (Å²) in [4.78, 5) is 3.85. The number of benzene rings is 1. The molecule has 3 heteroatoms. The van der Waals surface area contributed by atoms with Crippen LogP contribution in [0.2, 0.25) is 0 Å². The Morgan fingerprint density at radius 1 is 1.30 bits per heavy atom. The van der Waals surface area contributed by atoms with Crippen LogP contribution in [0.3, 0.4) is 0 Å². The summed E-state index contributed by atoms with van der Waals surface area (Å²) in [6, 6.07) is 10.7. The van der Waals surface area contributed by atoms with Crippen molar-refractivity contribution in [3.8, 4) is 0 Å². The van der Waals surface area contributed by atoms with Crippen molar-refractivity contribution in [2.75, 3.05) is 7.05 Å². The molecule has 0 aliphatic heterocycles. The number of nitrogens with one attached hydrogen (secondary N) is 1. The van der Waals surface area contributed by atoms with Gasteiger partial charge in [0.2, 0.25) is 0 Å². The van der Waals surface area contributed by atoms with Crippen LogP contribution in [0.4, 0.5) is 0 Å². The normalized spacial score (nSPS) is 24.5. The van der Waals surface area contributed by atoms with Crippen LogP contribution in [0.15, 0.2) is 47.6 Å².